The van der Waals surface area contributed by atoms with E-state index in [-0.39, 0.29) is 26.4 Å². The van der Waals surface area contributed by atoms with Crippen LogP contribution < -0.4 is 18.9 Å². The Morgan fingerprint density at radius 3 is 1.47 bits per heavy atom. The molecule has 0 aliphatic carbocycles. The number of benzene rings is 5. The molecule has 0 aliphatic rings. The average Bonchev–Trinajstić information content (AvgIpc) is 3.03. The Kier molecular flexibility index (Phi) is 11.1. The lowest BCUT2D eigenvalue weighted by Crippen LogP contribution is -2.30. The van der Waals surface area contributed by atoms with Crippen LogP contribution in [0.15, 0.2) is 91.0 Å². The molecule has 0 saturated carbocycles. The van der Waals surface area contributed by atoms with Crippen molar-refractivity contribution >= 4 is 45.1 Å². The molecule has 2 atom stereocenters. The fourth-order valence-electron chi connectivity index (χ4n) is 5.23. The molecular weight excluding hydrogens is 620 g/mol. The summed E-state index contributed by atoms with van der Waals surface area (Å²) >= 11 is 6.49. The van der Waals surface area contributed by atoms with Crippen LogP contribution in [0, 0.1) is 13.8 Å². The highest BCUT2D eigenvalue weighted by Gasteiger charge is 2.22. The lowest BCUT2D eigenvalue weighted by atomic mass is 10.0. The third-order valence-corrected chi connectivity index (χ3v) is 7.47. The van der Waals surface area contributed by atoms with Gasteiger partial charge in [0.2, 0.25) is 0 Å². The van der Waals surface area contributed by atoms with Crippen molar-refractivity contribution in [1.29, 1.82) is 0 Å². The maximum atomic E-state index is 12.0. The summed E-state index contributed by atoms with van der Waals surface area (Å²) in [7, 11) is 0. The van der Waals surface area contributed by atoms with Crippen molar-refractivity contribution in [2.24, 2.45) is 0 Å². The minimum Gasteiger partial charge on any atom is -0.490 e. The molecule has 0 aromatic heterocycles. The molecule has 47 heavy (non-hydrogen) atoms. The van der Waals surface area contributed by atoms with Crippen LogP contribution in [0.4, 0.5) is 0 Å². The molecule has 0 saturated heterocycles. The van der Waals surface area contributed by atoms with E-state index in [0.717, 1.165) is 27.3 Å². The van der Waals surface area contributed by atoms with Gasteiger partial charge in [-0.3, -0.25) is 9.59 Å². The number of halogens is 1. The van der Waals surface area contributed by atoms with Gasteiger partial charge in [-0.15, -0.1) is 0 Å². The first-order valence-corrected chi connectivity index (χ1v) is 15.7. The van der Waals surface area contributed by atoms with Crippen LogP contribution in [0.5, 0.6) is 23.0 Å². The van der Waals surface area contributed by atoms with Gasteiger partial charge in [0.1, 0.15) is 49.4 Å². The largest absolute Gasteiger partial charge is 0.490 e. The highest BCUT2D eigenvalue weighted by molar-refractivity contribution is 6.31. The van der Waals surface area contributed by atoms with Crippen molar-refractivity contribution in [2.45, 2.75) is 39.9 Å². The molecule has 8 nitrogen and oxygen atoms in total. The normalized spacial score (nSPS) is 12.3. The summed E-state index contributed by atoms with van der Waals surface area (Å²) in [5.41, 5.74) is 2.11. The van der Waals surface area contributed by atoms with Gasteiger partial charge in [0, 0.05) is 40.4 Å². The summed E-state index contributed by atoms with van der Waals surface area (Å²) in [5.74, 6) is 1.59. The van der Waals surface area contributed by atoms with E-state index in [1.807, 2.05) is 92.7 Å². The monoisotopic (exact) mass is 656 g/mol. The Balaban J connectivity index is 1.42. The van der Waals surface area contributed by atoms with Crippen molar-refractivity contribution in [3.8, 4) is 23.0 Å². The van der Waals surface area contributed by atoms with Crippen LogP contribution >= 0.6 is 11.6 Å². The quantitative estimate of drug-likeness (QED) is 0.0876. The molecule has 5 aromatic rings. The molecule has 0 radical (unpaired) electrons. The summed E-state index contributed by atoms with van der Waals surface area (Å²) in [6, 6.07) is 28.4. The van der Waals surface area contributed by atoms with Gasteiger partial charge >= 0.3 is 11.9 Å². The van der Waals surface area contributed by atoms with Crippen LogP contribution in [0.2, 0.25) is 5.02 Å². The second-order valence-corrected chi connectivity index (χ2v) is 11.7. The fourth-order valence-corrected chi connectivity index (χ4v) is 5.40. The zero-order valence-corrected chi connectivity index (χ0v) is 27.5. The molecule has 0 N–H and O–H groups in total. The van der Waals surface area contributed by atoms with Gasteiger partial charge in [-0.2, -0.15) is 0 Å². The predicted octanol–water partition coefficient (Wildman–Crippen LogP) is 8.04. The van der Waals surface area contributed by atoms with Crippen molar-refractivity contribution < 1.29 is 38.0 Å². The van der Waals surface area contributed by atoms with Gasteiger partial charge in [-0.25, -0.2) is 0 Å². The SMILES string of the molecule is CC(=O)OC(COc1cccc(C)c1)COc1c2ccccc2c(OCC(COc2cccc(C)c2)OC(C)=O)c2cc(Cl)ccc12. The maximum absolute atomic E-state index is 12.0. The number of rotatable bonds is 14. The number of ether oxygens (including phenoxy) is 6. The molecule has 0 aliphatic heterocycles. The first kappa shape index (κ1) is 33.4. The highest BCUT2D eigenvalue weighted by Crippen LogP contribution is 2.44. The second-order valence-electron chi connectivity index (χ2n) is 11.2. The summed E-state index contributed by atoms with van der Waals surface area (Å²) in [5, 5.41) is 3.49. The molecule has 0 bridgehead atoms. The van der Waals surface area contributed by atoms with E-state index in [9.17, 15) is 9.59 Å². The molecule has 0 amide bonds. The second kappa shape index (κ2) is 15.6. The molecule has 0 fully saturated rings. The van der Waals surface area contributed by atoms with E-state index in [0.29, 0.717) is 33.4 Å². The molecule has 244 valence electrons. The van der Waals surface area contributed by atoms with Crippen LogP contribution in [0.25, 0.3) is 21.5 Å². The molecule has 2 unspecified atom stereocenters. The Bertz CT molecular complexity index is 1870. The number of carbonyl (C=O) groups is 2. The summed E-state index contributed by atoms with van der Waals surface area (Å²) < 4.78 is 35.9. The maximum Gasteiger partial charge on any atom is 0.303 e. The van der Waals surface area contributed by atoms with Gasteiger partial charge < -0.3 is 28.4 Å². The zero-order chi connectivity index (χ0) is 33.3. The summed E-state index contributed by atoms with van der Waals surface area (Å²) in [6.07, 6.45) is -1.36. The van der Waals surface area contributed by atoms with E-state index in [4.69, 9.17) is 40.0 Å². The van der Waals surface area contributed by atoms with Crippen LogP contribution in [0.3, 0.4) is 0 Å². The first-order chi connectivity index (χ1) is 22.7. The van der Waals surface area contributed by atoms with Gasteiger partial charge in [0.05, 0.1) is 0 Å². The van der Waals surface area contributed by atoms with Gasteiger partial charge in [-0.1, -0.05) is 60.1 Å². The lowest BCUT2D eigenvalue weighted by molar-refractivity contribution is -0.150. The number of hydrogen-bond donors (Lipinski definition) is 0. The Morgan fingerprint density at radius 1 is 0.553 bits per heavy atom. The molecule has 9 heteroatoms. The molecule has 0 heterocycles. The van der Waals surface area contributed by atoms with E-state index >= 15 is 0 Å². The standard InChI is InChI=1S/C38H37ClO8/c1-24-9-7-11-29(17-24)42-20-31(46-26(3)40)22-44-37-33-13-5-6-14-34(33)38(36-19-28(39)15-16-35(36)37)45-23-32(47-27(4)41)21-43-30-12-8-10-25(2)18-30/h5-19,31-32H,20-23H2,1-4H3. The lowest BCUT2D eigenvalue weighted by Gasteiger charge is -2.23. The van der Waals surface area contributed by atoms with Gasteiger partial charge in [0.15, 0.2) is 12.2 Å². The first-order valence-electron chi connectivity index (χ1n) is 15.3. The third kappa shape index (κ3) is 9.08. The van der Waals surface area contributed by atoms with Gasteiger partial charge in [-0.05, 0) is 67.4 Å². The van der Waals surface area contributed by atoms with E-state index < -0.39 is 24.1 Å². The minimum absolute atomic E-state index is 0.0298. The molecule has 5 aromatic carbocycles. The highest BCUT2D eigenvalue weighted by atomic mass is 35.5. The molecular formula is C38H37ClO8. The number of aryl methyl sites for hydroxylation is 2. The van der Waals surface area contributed by atoms with E-state index in [1.165, 1.54) is 13.8 Å². The van der Waals surface area contributed by atoms with Crippen molar-refractivity contribution in [1.82, 2.24) is 0 Å². The molecule has 5 rings (SSSR count). The number of carbonyl (C=O) groups excluding carboxylic acids is 2. The topological polar surface area (TPSA) is 89.5 Å². The zero-order valence-electron chi connectivity index (χ0n) is 26.8. The summed E-state index contributed by atoms with van der Waals surface area (Å²) in [6.45, 7) is 6.94. The number of esters is 2. The summed E-state index contributed by atoms with van der Waals surface area (Å²) in [4.78, 5) is 23.9. The number of fused-ring (bicyclic) bond motifs is 2. The molecule has 0 spiro atoms. The fraction of sp³-hybridized carbons (Fsp3) is 0.263. The minimum atomic E-state index is -0.685. The van der Waals surface area contributed by atoms with E-state index in [1.54, 1.807) is 12.1 Å². The Morgan fingerprint density at radius 2 is 1.00 bits per heavy atom. The average molecular weight is 657 g/mol. The van der Waals surface area contributed by atoms with Crippen LogP contribution in [0.1, 0.15) is 25.0 Å². The van der Waals surface area contributed by atoms with Gasteiger partial charge in [0.25, 0.3) is 0 Å². The van der Waals surface area contributed by atoms with Crippen LogP contribution in [-0.2, 0) is 19.1 Å². The third-order valence-electron chi connectivity index (χ3n) is 7.23. The van der Waals surface area contributed by atoms with Crippen molar-refractivity contribution in [3.63, 3.8) is 0 Å². The van der Waals surface area contributed by atoms with Crippen LogP contribution in [-0.4, -0.2) is 50.6 Å². The number of hydrogen-bond acceptors (Lipinski definition) is 8. The Hall–Kier alpha value is -4.95. The van der Waals surface area contributed by atoms with E-state index in [2.05, 4.69) is 0 Å². The smallest absolute Gasteiger partial charge is 0.303 e. The predicted molar refractivity (Wildman–Crippen MR) is 182 cm³/mol. The Labute approximate surface area is 279 Å². The van der Waals surface area contributed by atoms with Crippen molar-refractivity contribution in [2.75, 3.05) is 26.4 Å². The van der Waals surface area contributed by atoms with Crippen molar-refractivity contribution in [3.05, 3.63) is 107 Å².